The number of phenolic OH excluding ortho intramolecular Hbond substituents is 1. The number of nitrogen functional groups attached to an aromatic ring is 1. The van der Waals surface area contributed by atoms with Gasteiger partial charge in [0.15, 0.2) is 5.82 Å². The molecule has 0 fully saturated rings. The van der Waals surface area contributed by atoms with Gasteiger partial charge in [0.05, 0.1) is 11.3 Å². The van der Waals surface area contributed by atoms with Gasteiger partial charge in [0.25, 0.3) is 5.89 Å². The molecule has 0 aliphatic heterocycles. The maximum Gasteiger partial charge on any atom is 0.261 e. The highest BCUT2D eigenvalue weighted by Crippen LogP contribution is 2.29. The fraction of sp³-hybridized carbons (Fsp3) is 0.385. The zero-order valence-corrected chi connectivity index (χ0v) is 11.8. The van der Waals surface area contributed by atoms with Gasteiger partial charge in [-0.1, -0.05) is 19.0 Å². The van der Waals surface area contributed by atoms with Crippen LogP contribution >= 0.6 is 11.8 Å². The summed E-state index contributed by atoms with van der Waals surface area (Å²) >= 11 is 1.76. The van der Waals surface area contributed by atoms with Crippen molar-refractivity contribution in [2.75, 3.05) is 11.5 Å². The molecule has 0 aliphatic carbocycles. The molecule has 0 saturated heterocycles. The highest BCUT2D eigenvalue weighted by Gasteiger charge is 2.13. The first kappa shape index (κ1) is 13.7. The van der Waals surface area contributed by atoms with Crippen molar-refractivity contribution >= 4 is 17.4 Å². The Morgan fingerprint density at radius 2 is 2.21 bits per heavy atom. The average molecular weight is 279 g/mol. The molecule has 0 saturated carbocycles. The standard InChI is InChI=1S/C13H17N3O2S/c1-8(2)6-19-7-12-15-13(18-16-12)10-4-3-9(14)5-11(10)17/h3-5,8,17H,6-7,14H2,1-2H3. The second-order valence-electron chi connectivity index (χ2n) is 4.70. The first-order chi connectivity index (χ1) is 9.06. The van der Waals surface area contributed by atoms with Gasteiger partial charge in [-0.15, -0.1) is 0 Å². The van der Waals surface area contributed by atoms with E-state index in [9.17, 15) is 5.11 Å². The Morgan fingerprint density at radius 3 is 2.89 bits per heavy atom. The number of rotatable bonds is 5. The molecule has 19 heavy (non-hydrogen) atoms. The minimum absolute atomic E-state index is 0.0463. The molecule has 102 valence electrons. The second kappa shape index (κ2) is 5.97. The van der Waals surface area contributed by atoms with Gasteiger partial charge in [0, 0.05) is 11.8 Å². The van der Waals surface area contributed by atoms with E-state index in [1.807, 2.05) is 0 Å². The fourth-order valence-electron chi connectivity index (χ4n) is 1.54. The number of hydrogen-bond donors (Lipinski definition) is 2. The molecule has 0 unspecified atom stereocenters. The largest absolute Gasteiger partial charge is 0.507 e. The Morgan fingerprint density at radius 1 is 1.42 bits per heavy atom. The van der Waals surface area contributed by atoms with Gasteiger partial charge >= 0.3 is 0 Å². The van der Waals surface area contributed by atoms with Gasteiger partial charge in [-0.05, 0) is 23.8 Å². The van der Waals surface area contributed by atoms with Gasteiger partial charge in [0.2, 0.25) is 0 Å². The Bertz CT molecular complexity index is 555. The maximum absolute atomic E-state index is 9.79. The predicted octanol–water partition coefficient (Wildman–Crippen LogP) is 2.91. The summed E-state index contributed by atoms with van der Waals surface area (Å²) in [6.07, 6.45) is 0. The third-order valence-corrected chi connectivity index (χ3v) is 3.77. The molecular formula is C13H17N3O2S. The lowest BCUT2D eigenvalue weighted by Crippen LogP contribution is -1.92. The van der Waals surface area contributed by atoms with Gasteiger partial charge in [-0.25, -0.2) is 0 Å². The summed E-state index contributed by atoms with van der Waals surface area (Å²) in [6, 6.07) is 4.82. The van der Waals surface area contributed by atoms with E-state index in [0.717, 1.165) is 5.75 Å². The number of phenols is 1. The van der Waals surface area contributed by atoms with Crippen LogP contribution in [0.15, 0.2) is 22.7 Å². The summed E-state index contributed by atoms with van der Waals surface area (Å²) in [5.41, 5.74) is 6.57. The van der Waals surface area contributed by atoms with Gasteiger partial charge in [0.1, 0.15) is 5.75 Å². The minimum atomic E-state index is 0.0463. The summed E-state index contributed by atoms with van der Waals surface area (Å²) in [4.78, 5) is 4.27. The van der Waals surface area contributed by atoms with Gasteiger partial charge in [-0.2, -0.15) is 16.7 Å². The van der Waals surface area contributed by atoms with E-state index in [2.05, 4.69) is 24.0 Å². The topological polar surface area (TPSA) is 85.2 Å². The second-order valence-corrected chi connectivity index (χ2v) is 5.73. The number of aromatic hydroxyl groups is 1. The van der Waals surface area contributed by atoms with Crippen molar-refractivity contribution in [1.82, 2.24) is 10.1 Å². The van der Waals surface area contributed by atoms with Gasteiger partial charge in [-0.3, -0.25) is 0 Å². The maximum atomic E-state index is 9.79. The van der Waals surface area contributed by atoms with Crippen LogP contribution in [0.25, 0.3) is 11.5 Å². The van der Waals surface area contributed by atoms with Crippen LogP contribution < -0.4 is 5.73 Å². The van der Waals surface area contributed by atoms with Crippen LogP contribution in [0.4, 0.5) is 5.69 Å². The van der Waals surface area contributed by atoms with E-state index in [4.69, 9.17) is 10.3 Å². The highest BCUT2D eigenvalue weighted by atomic mass is 32.2. The lowest BCUT2D eigenvalue weighted by atomic mass is 10.2. The Hall–Kier alpha value is -1.69. The third kappa shape index (κ3) is 3.64. The number of nitrogens with zero attached hydrogens (tertiary/aromatic N) is 2. The van der Waals surface area contributed by atoms with Crippen LogP contribution in [0.5, 0.6) is 5.75 Å². The molecule has 1 aromatic heterocycles. The molecule has 0 spiro atoms. The smallest absolute Gasteiger partial charge is 0.261 e. The van der Waals surface area contributed by atoms with E-state index < -0.39 is 0 Å². The van der Waals surface area contributed by atoms with Crippen LogP contribution in [0.1, 0.15) is 19.7 Å². The third-order valence-electron chi connectivity index (χ3n) is 2.40. The van der Waals surface area contributed by atoms with Crippen LogP contribution in [-0.2, 0) is 5.75 Å². The lowest BCUT2D eigenvalue weighted by molar-refractivity contribution is 0.419. The summed E-state index contributed by atoms with van der Waals surface area (Å²) < 4.78 is 5.15. The Kier molecular flexibility index (Phi) is 4.31. The van der Waals surface area contributed by atoms with Crippen molar-refractivity contribution in [2.45, 2.75) is 19.6 Å². The average Bonchev–Trinajstić information content (AvgIpc) is 2.77. The van der Waals surface area contributed by atoms with Crippen LogP contribution in [0, 0.1) is 5.92 Å². The quantitative estimate of drug-likeness (QED) is 0.818. The molecule has 3 N–H and O–H groups in total. The molecule has 0 radical (unpaired) electrons. The molecule has 0 atom stereocenters. The van der Waals surface area contributed by atoms with E-state index in [1.165, 1.54) is 6.07 Å². The number of benzene rings is 1. The van der Waals surface area contributed by atoms with E-state index in [0.29, 0.717) is 34.6 Å². The van der Waals surface area contributed by atoms with Crippen LogP contribution in [-0.4, -0.2) is 21.0 Å². The minimum Gasteiger partial charge on any atom is -0.507 e. The highest BCUT2D eigenvalue weighted by molar-refractivity contribution is 7.98. The molecule has 0 bridgehead atoms. The van der Waals surface area contributed by atoms with E-state index in [1.54, 1.807) is 23.9 Å². The van der Waals surface area contributed by atoms with Crippen LogP contribution in [0.2, 0.25) is 0 Å². The molecule has 0 aliphatic rings. The SMILES string of the molecule is CC(C)CSCc1noc(-c2ccc(N)cc2O)n1. The van der Waals surface area contributed by atoms with Crippen molar-refractivity contribution < 1.29 is 9.63 Å². The van der Waals surface area contributed by atoms with Crippen LogP contribution in [0.3, 0.4) is 0 Å². The molecule has 1 heterocycles. The molecule has 2 rings (SSSR count). The molecule has 5 nitrogen and oxygen atoms in total. The summed E-state index contributed by atoms with van der Waals surface area (Å²) in [6.45, 7) is 4.34. The van der Waals surface area contributed by atoms with E-state index in [-0.39, 0.29) is 5.75 Å². The number of anilines is 1. The predicted molar refractivity (Wildman–Crippen MR) is 76.8 cm³/mol. The Labute approximate surface area is 116 Å². The van der Waals surface area contributed by atoms with E-state index >= 15 is 0 Å². The number of hydrogen-bond acceptors (Lipinski definition) is 6. The molecule has 6 heteroatoms. The van der Waals surface area contributed by atoms with Crippen molar-refractivity contribution in [3.05, 3.63) is 24.0 Å². The van der Waals surface area contributed by atoms with Crippen molar-refractivity contribution in [3.63, 3.8) is 0 Å². The zero-order valence-electron chi connectivity index (χ0n) is 11.0. The van der Waals surface area contributed by atoms with Crippen molar-refractivity contribution in [1.29, 1.82) is 0 Å². The molecule has 0 amide bonds. The summed E-state index contributed by atoms with van der Waals surface area (Å²) in [5, 5.41) is 13.7. The monoisotopic (exact) mass is 279 g/mol. The number of thioether (sulfide) groups is 1. The molecule has 1 aromatic carbocycles. The fourth-order valence-corrected chi connectivity index (χ4v) is 2.43. The van der Waals surface area contributed by atoms with Crippen molar-refractivity contribution in [3.8, 4) is 17.2 Å². The van der Waals surface area contributed by atoms with Crippen molar-refractivity contribution in [2.24, 2.45) is 5.92 Å². The first-order valence-electron chi connectivity index (χ1n) is 6.05. The first-order valence-corrected chi connectivity index (χ1v) is 7.21. The molecule has 2 aromatic rings. The zero-order chi connectivity index (χ0) is 13.8. The number of aromatic nitrogens is 2. The normalized spacial score (nSPS) is 11.1. The Balaban J connectivity index is 2.08. The lowest BCUT2D eigenvalue weighted by Gasteiger charge is -2.01. The molecular weight excluding hydrogens is 262 g/mol. The van der Waals surface area contributed by atoms with Gasteiger partial charge < -0.3 is 15.4 Å². The summed E-state index contributed by atoms with van der Waals surface area (Å²) in [7, 11) is 0. The number of nitrogens with two attached hydrogens (primary N) is 1. The summed E-state index contributed by atoms with van der Waals surface area (Å²) in [5.74, 6) is 3.39.